The lowest BCUT2D eigenvalue weighted by atomic mass is 10.1. The molecule has 1 atom stereocenters. The van der Waals surface area contributed by atoms with E-state index in [1.165, 1.54) is 5.56 Å². The number of carbonyl (C=O) groups is 2. The van der Waals surface area contributed by atoms with Crippen molar-refractivity contribution in [2.24, 2.45) is 0 Å². The maximum atomic E-state index is 11.9. The molecule has 0 bridgehead atoms. The van der Waals surface area contributed by atoms with Crippen LogP contribution in [0.2, 0.25) is 0 Å². The van der Waals surface area contributed by atoms with Gasteiger partial charge in [-0.1, -0.05) is 31.2 Å². The van der Waals surface area contributed by atoms with Crippen molar-refractivity contribution in [3.63, 3.8) is 0 Å². The second-order valence-electron chi connectivity index (χ2n) is 5.19. The number of carbonyl (C=O) groups excluding carboxylic acids is 2. The lowest BCUT2D eigenvalue weighted by molar-refractivity contribution is -0.124. The van der Waals surface area contributed by atoms with E-state index in [-0.39, 0.29) is 18.6 Å². The van der Waals surface area contributed by atoms with Gasteiger partial charge in [0.15, 0.2) is 6.61 Å². The molecule has 1 aromatic heterocycles. The molecule has 0 aliphatic carbocycles. The highest BCUT2D eigenvalue weighted by Gasteiger charge is 2.14. The quantitative estimate of drug-likeness (QED) is 0.756. The van der Waals surface area contributed by atoms with E-state index in [0.717, 1.165) is 16.5 Å². The number of halogens is 1. The first kappa shape index (κ1) is 17.3. The fraction of sp³-hybridized carbons (Fsp3) is 0.294. The molecule has 0 unspecified atom stereocenters. The summed E-state index contributed by atoms with van der Waals surface area (Å²) in [6, 6.07) is 9.52. The molecular weight excluding hydrogens is 360 g/mol. The molecule has 122 valence electrons. The van der Waals surface area contributed by atoms with E-state index in [0.29, 0.717) is 5.69 Å². The van der Waals surface area contributed by atoms with Crippen LogP contribution in [0, 0.1) is 0 Å². The van der Waals surface area contributed by atoms with Gasteiger partial charge in [-0.15, -0.1) is 0 Å². The third-order valence-electron chi connectivity index (χ3n) is 3.47. The lowest BCUT2D eigenvalue weighted by Crippen LogP contribution is -2.31. The van der Waals surface area contributed by atoms with Crippen molar-refractivity contribution >= 4 is 27.8 Å². The number of ether oxygens (including phenoxy) is 1. The van der Waals surface area contributed by atoms with E-state index in [1.54, 1.807) is 12.3 Å². The summed E-state index contributed by atoms with van der Waals surface area (Å²) in [5.41, 5.74) is 2.56. The van der Waals surface area contributed by atoms with Crippen molar-refractivity contribution in [3.8, 4) is 0 Å². The number of rotatable bonds is 6. The van der Waals surface area contributed by atoms with Gasteiger partial charge in [0.2, 0.25) is 0 Å². The maximum absolute atomic E-state index is 11.9. The topological polar surface area (TPSA) is 71.2 Å². The van der Waals surface area contributed by atoms with Gasteiger partial charge >= 0.3 is 5.97 Å². The van der Waals surface area contributed by atoms with Gasteiger partial charge in [0.25, 0.3) is 5.91 Å². The first-order valence-electron chi connectivity index (χ1n) is 7.39. The maximum Gasteiger partial charge on any atom is 0.355 e. The summed E-state index contributed by atoms with van der Waals surface area (Å²) in [6.07, 6.45) is 2.60. The molecule has 0 fully saturated rings. The van der Waals surface area contributed by atoms with Crippen LogP contribution in [0.4, 0.5) is 0 Å². The normalized spacial score (nSPS) is 11.8. The van der Waals surface area contributed by atoms with Crippen molar-refractivity contribution in [3.05, 3.63) is 57.8 Å². The highest BCUT2D eigenvalue weighted by Crippen LogP contribution is 2.14. The molecule has 2 N–H and O–H groups in total. The van der Waals surface area contributed by atoms with Gasteiger partial charge in [-0.25, -0.2) is 4.79 Å². The first-order valence-corrected chi connectivity index (χ1v) is 8.18. The number of aromatic amines is 1. The Kier molecular flexibility index (Phi) is 5.98. The van der Waals surface area contributed by atoms with Crippen LogP contribution >= 0.6 is 15.9 Å². The van der Waals surface area contributed by atoms with E-state index in [4.69, 9.17) is 4.74 Å². The summed E-state index contributed by atoms with van der Waals surface area (Å²) in [6.45, 7) is 3.67. The van der Waals surface area contributed by atoms with Crippen LogP contribution in [0.3, 0.4) is 0 Å². The molecule has 5 nitrogen and oxygen atoms in total. The molecule has 0 aliphatic rings. The smallest absolute Gasteiger partial charge is 0.355 e. The summed E-state index contributed by atoms with van der Waals surface area (Å²) < 4.78 is 5.72. The number of benzene rings is 1. The van der Waals surface area contributed by atoms with Crippen molar-refractivity contribution in [1.29, 1.82) is 0 Å². The highest BCUT2D eigenvalue weighted by molar-refractivity contribution is 9.10. The monoisotopic (exact) mass is 378 g/mol. The van der Waals surface area contributed by atoms with Gasteiger partial charge in [0.1, 0.15) is 5.69 Å². The number of aryl methyl sites for hydroxylation is 1. The third kappa shape index (κ3) is 4.96. The number of hydrogen-bond donors (Lipinski definition) is 2. The average Bonchev–Trinajstić information content (AvgIpc) is 2.99. The van der Waals surface area contributed by atoms with Gasteiger partial charge in [-0.05, 0) is 46.5 Å². The molecule has 0 saturated carbocycles. The Bertz CT molecular complexity index is 679. The first-order chi connectivity index (χ1) is 11.0. The molecule has 1 aromatic carbocycles. The Morgan fingerprint density at radius 2 is 2.00 bits per heavy atom. The summed E-state index contributed by atoms with van der Waals surface area (Å²) in [5, 5.41) is 2.81. The molecule has 6 heteroatoms. The summed E-state index contributed by atoms with van der Waals surface area (Å²) in [7, 11) is 0. The fourth-order valence-corrected chi connectivity index (χ4v) is 2.45. The van der Waals surface area contributed by atoms with Crippen LogP contribution in [0.5, 0.6) is 0 Å². The summed E-state index contributed by atoms with van der Waals surface area (Å²) in [4.78, 5) is 26.4. The summed E-state index contributed by atoms with van der Waals surface area (Å²) >= 11 is 3.23. The number of nitrogens with one attached hydrogen (secondary N) is 2. The largest absolute Gasteiger partial charge is 0.451 e. The Balaban J connectivity index is 1.82. The minimum Gasteiger partial charge on any atom is -0.451 e. The molecule has 2 rings (SSSR count). The standard InChI is InChI=1S/C17H19BrN2O3/c1-3-12-4-6-13(7-5-12)11(2)20-16(21)10-23-17(22)15-8-14(18)9-19-15/h4-9,11,19H,3,10H2,1-2H3,(H,20,21)/t11-/m1/s1. The second kappa shape index (κ2) is 7.97. The van der Waals surface area contributed by atoms with Gasteiger partial charge < -0.3 is 15.0 Å². The van der Waals surface area contributed by atoms with Crippen molar-refractivity contribution in [1.82, 2.24) is 10.3 Å². The van der Waals surface area contributed by atoms with E-state index in [9.17, 15) is 9.59 Å². The molecule has 0 radical (unpaired) electrons. The SMILES string of the molecule is CCc1ccc([C@@H](C)NC(=O)COC(=O)c2cc(Br)c[nH]2)cc1. The molecule has 0 spiro atoms. The van der Waals surface area contributed by atoms with Crippen molar-refractivity contribution in [2.45, 2.75) is 26.3 Å². The Morgan fingerprint density at radius 1 is 1.30 bits per heavy atom. The van der Waals surface area contributed by atoms with Gasteiger partial charge in [0.05, 0.1) is 6.04 Å². The second-order valence-corrected chi connectivity index (χ2v) is 6.11. The predicted molar refractivity (Wildman–Crippen MR) is 91.2 cm³/mol. The average molecular weight is 379 g/mol. The lowest BCUT2D eigenvalue weighted by Gasteiger charge is -2.14. The predicted octanol–water partition coefficient (Wildman–Crippen LogP) is 3.37. The van der Waals surface area contributed by atoms with Crippen LogP contribution in [0.1, 0.15) is 41.5 Å². The Labute approximate surface area is 143 Å². The molecule has 1 heterocycles. The van der Waals surface area contributed by atoms with E-state index < -0.39 is 5.97 Å². The molecular formula is C17H19BrN2O3. The number of aromatic nitrogens is 1. The van der Waals surface area contributed by atoms with Crippen LogP contribution in [-0.2, 0) is 16.0 Å². The zero-order valence-electron chi connectivity index (χ0n) is 13.1. The van der Waals surface area contributed by atoms with Gasteiger partial charge in [0, 0.05) is 10.7 Å². The highest BCUT2D eigenvalue weighted by atomic mass is 79.9. The number of amides is 1. The molecule has 2 aromatic rings. The zero-order chi connectivity index (χ0) is 16.8. The third-order valence-corrected chi connectivity index (χ3v) is 3.93. The summed E-state index contributed by atoms with van der Waals surface area (Å²) in [5.74, 6) is -0.901. The molecule has 0 saturated heterocycles. The van der Waals surface area contributed by atoms with Crippen LogP contribution in [0.25, 0.3) is 0 Å². The molecule has 1 amide bonds. The number of H-pyrrole nitrogens is 1. The number of esters is 1. The number of hydrogen-bond acceptors (Lipinski definition) is 3. The van der Waals surface area contributed by atoms with E-state index >= 15 is 0 Å². The van der Waals surface area contributed by atoms with Gasteiger partial charge in [-0.3, -0.25) is 4.79 Å². The van der Waals surface area contributed by atoms with E-state index in [2.05, 4.69) is 33.2 Å². The Morgan fingerprint density at radius 3 is 2.57 bits per heavy atom. The van der Waals surface area contributed by atoms with Crippen LogP contribution in [-0.4, -0.2) is 23.5 Å². The molecule has 23 heavy (non-hydrogen) atoms. The van der Waals surface area contributed by atoms with Crippen LogP contribution < -0.4 is 5.32 Å². The van der Waals surface area contributed by atoms with E-state index in [1.807, 2.05) is 31.2 Å². The van der Waals surface area contributed by atoms with Gasteiger partial charge in [-0.2, -0.15) is 0 Å². The minimum absolute atomic E-state index is 0.147. The minimum atomic E-state index is -0.564. The molecule has 0 aliphatic heterocycles. The van der Waals surface area contributed by atoms with Crippen molar-refractivity contribution < 1.29 is 14.3 Å². The fourth-order valence-electron chi connectivity index (χ4n) is 2.10. The van der Waals surface area contributed by atoms with Crippen molar-refractivity contribution in [2.75, 3.05) is 6.61 Å². The van der Waals surface area contributed by atoms with Crippen LogP contribution in [0.15, 0.2) is 41.0 Å². The Hall–Kier alpha value is -2.08. The zero-order valence-corrected chi connectivity index (χ0v) is 14.6.